The minimum atomic E-state index is -0.348. The third-order valence-corrected chi connectivity index (χ3v) is 4.81. The summed E-state index contributed by atoms with van der Waals surface area (Å²) in [5.41, 5.74) is 4.61. The molecule has 5 heteroatoms. The fourth-order valence-corrected chi connectivity index (χ4v) is 3.35. The van der Waals surface area contributed by atoms with Gasteiger partial charge in [-0.25, -0.2) is 4.79 Å². The molecule has 0 fully saturated rings. The van der Waals surface area contributed by atoms with Crippen molar-refractivity contribution >= 4 is 11.0 Å². The first-order chi connectivity index (χ1) is 12.5. The summed E-state index contributed by atoms with van der Waals surface area (Å²) in [4.78, 5) is 28.6. The van der Waals surface area contributed by atoms with E-state index in [2.05, 4.69) is 4.98 Å². The van der Waals surface area contributed by atoms with Crippen LogP contribution in [-0.4, -0.2) is 14.1 Å². The molecule has 26 heavy (non-hydrogen) atoms. The van der Waals surface area contributed by atoms with Crippen molar-refractivity contribution in [3.05, 3.63) is 81.0 Å². The number of hydrogen-bond donors (Lipinski definition) is 1. The highest BCUT2D eigenvalue weighted by Crippen LogP contribution is 2.36. The van der Waals surface area contributed by atoms with Crippen LogP contribution in [0.5, 0.6) is 0 Å². The molecule has 0 aliphatic carbocycles. The molecule has 1 N–H and O–H groups in total. The maximum Gasteiger partial charge on any atom is 0.332 e. The monoisotopic (exact) mass is 345 g/mol. The maximum absolute atomic E-state index is 12.9. The molecule has 130 valence electrons. The summed E-state index contributed by atoms with van der Waals surface area (Å²) in [5.74, 6) is 0. The third-order valence-electron chi connectivity index (χ3n) is 4.81. The van der Waals surface area contributed by atoms with Gasteiger partial charge in [-0.05, 0) is 18.1 Å². The number of nitrogens with one attached hydrogen (secondary N) is 1. The summed E-state index contributed by atoms with van der Waals surface area (Å²) in [6.07, 6.45) is 0. The van der Waals surface area contributed by atoms with Crippen LogP contribution in [0.4, 0.5) is 0 Å². The summed E-state index contributed by atoms with van der Waals surface area (Å²) >= 11 is 0. The Kier molecular flexibility index (Phi) is 3.65. The highest BCUT2D eigenvalue weighted by atomic mass is 16.2. The van der Waals surface area contributed by atoms with E-state index in [4.69, 9.17) is 0 Å². The lowest BCUT2D eigenvalue weighted by Crippen LogP contribution is -2.36. The van der Waals surface area contributed by atoms with Crippen molar-refractivity contribution < 1.29 is 0 Å². The molecule has 0 radical (unpaired) electrons. The average molecular weight is 345 g/mol. The number of nitrogens with zero attached hydrogens (tertiary/aromatic N) is 2. The molecule has 0 aliphatic heterocycles. The topological polar surface area (TPSA) is 59.8 Å². The predicted octanol–water partition coefficient (Wildman–Crippen LogP) is 3.21. The number of rotatable bonds is 2. The molecule has 4 aromatic rings. The van der Waals surface area contributed by atoms with Crippen LogP contribution in [0.25, 0.3) is 33.4 Å². The summed E-state index contributed by atoms with van der Waals surface area (Å²) in [5, 5.41) is 0.525. The molecule has 0 saturated carbocycles. The van der Waals surface area contributed by atoms with Gasteiger partial charge in [0.15, 0.2) is 0 Å². The highest BCUT2D eigenvalue weighted by Gasteiger charge is 2.21. The van der Waals surface area contributed by atoms with Crippen molar-refractivity contribution in [2.75, 3.05) is 0 Å². The van der Waals surface area contributed by atoms with Gasteiger partial charge in [-0.15, -0.1) is 0 Å². The number of hydrogen-bond acceptors (Lipinski definition) is 2. The van der Waals surface area contributed by atoms with Gasteiger partial charge in [0, 0.05) is 19.7 Å². The van der Waals surface area contributed by atoms with Crippen molar-refractivity contribution in [1.82, 2.24) is 14.1 Å². The molecule has 0 unspecified atom stereocenters. The van der Waals surface area contributed by atoms with Gasteiger partial charge in [0.05, 0.1) is 11.1 Å². The van der Waals surface area contributed by atoms with Crippen LogP contribution < -0.4 is 11.2 Å². The Balaban J connectivity index is 2.21. The Labute approximate surface area is 150 Å². The molecule has 5 nitrogen and oxygen atoms in total. The van der Waals surface area contributed by atoms with E-state index in [1.54, 1.807) is 7.05 Å². The first kappa shape index (κ1) is 16.1. The van der Waals surface area contributed by atoms with Crippen LogP contribution in [0.15, 0.2) is 64.2 Å². The predicted molar refractivity (Wildman–Crippen MR) is 104 cm³/mol. The van der Waals surface area contributed by atoms with Gasteiger partial charge in [0.25, 0.3) is 5.56 Å². The van der Waals surface area contributed by atoms with Gasteiger partial charge < -0.3 is 4.98 Å². The summed E-state index contributed by atoms with van der Waals surface area (Å²) in [7, 11) is 3.19. The van der Waals surface area contributed by atoms with E-state index >= 15 is 0 Å². The van der Waals surface area contributed by atoms with E-state index in [0.717, 1.165) is 32.5 Å². The lowest BCUT2D eigenvalue weighted by molar-refractivity contribution is 0.710. The zero-order valence-corrected chi connectivity index (χ0v) is 14.9. The van der Waals surface area contributed by atoms with Crippen LogP contribution in [0.1, 0.15) is 5.56 Å². The van der Waals surface area contributed by atoms with Gasteiger partial charge in [-0.2, -0.15) is 0 Å². The van der Waals surface area contributed by atoms with Gasteiger partial charge in [0.2, 0.25) is 0 Å². The first-order valence-corrected chi connectivity index (χ1v) is 8.43. The normalized spacial score (nSPS) is 11.2. The lowest BCUT2D eigenvalue weighted by atomic mass is 9.98. The fourth-order valence-electron chi connectivity index (χ4n) is 3.35. The summed E-state index contributed by atoms with van der Waals surface area (Å²) in [6, 6.07) is 17.9. The van der Waals surface area contributed by atoms with E-state index in [1.807, 2.05) is 61.5 Å². The molecule has 0 amide bonds. The van der Waals surface area contributed by atoms with Crippen LogP contribution in [0, 0.1) is 6.92 Å². The molecule has 0 atom stereocenters. The number of benzene rings is 2. The number of aryl methyl sites for hydroxylation is 2. The number of H-pyrrole nitrogens is 1. The van der Waals surface area contributed by atoms with E-state index in [9.17, 15) is 9.59 Å². The second-order valence-electron chi connectivity index (χ2n) is 6.54. The Morgan fingerprint density at radius 2 is 1.46 bits per heavy atom. The molecule has 2 heterocycles. The number of fused-ring (bicyclic) bond motifs is 1. The quantitative estimate of drug-likeness (QED) is 0.606. The van der Waals surface area contributed by atoms with Gasteiger partial charge in [0.1, 0.15) is 5.65 Å². The molecule has 0 aliphatic rings. The van der Waals surface area contributed by atoms with E-state index in [1.165, 1.54) is 11.6 Å². The molecule has 4 rings (SSSR count). The maximum atomic E-state index is 12.9. The summed E-state index contributed by atoms with van der Waals surface area (Å²) in [6.45, 7) is 2.03. The molecule has 0 bridgehead atoms. The Bertz CT molecular complexity index is 1230. The van der Waals surface area contributed by atoms with Gasteiger partial charge in [-0.3, -0.25) is 13.9 Å². The van der Waals surface area contributed by atoms with E-state index in [-0.39, 0.29) is 11.2 Å². The Morgan fingerprint density at radius 1 is 0.808 bits per heavy atom. The van der Waals surface area contributed by atoms with Crippen LogP contribution in [-0.2, 0) is 14.1 Å². The minimum Gasteiger partial charge on any atom is -0.340 e. The molecule has 0 spiro atoms. The zero-order chi connectivity index (χ0) is 18.4. The van der Waals surface area contributed by atoms with E-state index in [0.29, 0.717) is 11.0 Å². The van der Waals surface area contributed by atoms with Gasteiger partial charge >= 0.3 is 5.69 Å². The second-order valence-corrected chi connectivity index (χ2v) is 6.54. The average Bonchev–Trinajstić information content (AvgIpc) is 3.07. The number of aromatic nitrogens is 3. The Hall–Kier alpha value is -3.34. The van der Waals surface area contributed by atoms with Crippen molar-refractivity contribution in [2.24, 2.45) is 14.1 Å². The van der Waals surface area contributed by atoms with Crippen molar-refractivity contribution in [3.63, 3.8) is 0 Å². The zero-order valence-electron chi connectivity index (χ0n) is 14.9. The SMILES string of the molecule is Cc1ccc(-c2c(-c3ccccc3)[nH]c3c2c(=O)n(C)c(=O)n3C)cc1. The fraction of sp³-hybridized carbons (Fsp3) is 0.143. The lowest BCUT2D eigenvalue weighted by Gasteiger charge is -2.07. The Morgan fingerprint density at radius 3 is 2.12 bits per heavy atom. The first-order valence-electron chi connectivity index (χ1n) is 8.43. The molecule has 0 saturated heterocycles. The molecular formula is C21H19N3O2. The second kappa shape index (κ2) is 5.88. The standard InChI is InChI=1S/C21H19N3O2/c1-13-9-11-14(12-10-13)16-17-19(23(2)21(26)24(3)20(17)25)22-18(16)15-7-5-4-6-8-15/h4-12,22H,1-3H3. The van der Waals surface area contributed by atoms with Crippen molar-refractivity contribution in [3.8, 4) is 22.4 Å². The van der Waals surface area contributed by atoms with Gasteiger partial charge in [-0.1, -0.05) is 60.2 Å². The minimum absolute atomic E-state index is 0.294. The summed E-state index contributed by atoms with van der Waals surface area (Å²) < 4.78 is 2.64. The largest absolute Gasteiger partial charge is 0.340 e. The molecule has 2 aromatic carbocycles. The third kappa shape index (κ3) is 2.32. The molecule has 2 aromatic heterocycles. The van der Waals surface area contributed by atoms with E-state index < -0.39 is 0 Å². The smallest absolute Gasteiger partial charge is 0.332 e. The number of aromatic amines is 1. The van der Waals surface area contributed by atoms with Crippen LogP contribution in [0.2, 0.25) is 0 Å². The highest BCUT2D eigenvalue weighted by molar-refractivity contribution is 6.02. The van der Waals surface area contributed by atoms with Crippen molar-refractivity contribution in [2.45, 2.75) is 6.92 Å². The van der Waals surface area contributed by atoms with Crippen LogP contribution >= 0.6 is 0 Å². The molecular weight excluding hydrogens is 326 g/mol. The van der Waals surface area contributed by atoms with Crippen LogP contribution in [0.3, 0.4) is 0 Å². The van der Waals surface area contributed by atoms with Crippen molar-refractivity contribution in [1.29, 1.82) is 0 Å².